The molecule has 0 aliphatic rings. The van der Waals surface area contributed by atoms with Gasteiger partial charge in [-0.3, -0.25) is 0 Å². The molecule has 0 aliphatic heterocycles. The molecule has 2 atom stereocenters. The van der Waals surface area contributed by atoms with Crippen molar-refractivity contribution in [3.05, 3.63) is 21.3 Å². The second-order valence-electron chi connectivity index (χ2n) is 3.70. The molecule has 1 nitrogen and oxygen atoms in total. The second kappa shape index (κ2) is 4.45. The zero-order chi connectivity index (χ0) is 10.0. The molecule has 0 aromatic carbocycles. The molecule has 0 bridgehead atoms. The summed E-state index contributed by atoms with van der Waals surface area (Å²) in [6.07, 6.45) is -0.432. The Morgan fingerprint density at radius 1 is 1.38 bits per heavy atom. The van der Waals surface area contributed by atoms with Crippen LogP contribution >= 0.6 is 22.9 Å². The first-order valence-corrected chi connectivity index (χ1v) is 5.70. The van der Waals surface area contributed by atoms with Crippen molar-refractivity contribution < 1.29 is 5.11 Å². The summed E-state index contributed by atoms with van der Waals surface area (Å²) in [5.41, 5.74) is 0.868. The molecule has 2 unspecified atom stereocenters. The van der Waals surface area contributed by atoms with E-state index >= 15 is 0 Å². The molecule has 0 aliphatic carbocycles. The number of hydrogen-bond donors (Lipinski definition) is 1. The van der Waals surface area contributed by atoms with Crippen LogP contribution in [0.2, 0.25) is 4.34 Å². The van der Waals surface area contributed by atoms with Crippen molar-refractivity contribution in [1.29, 1.82) is 0 Å². The van der Waals surface area contributed by atoms with Crippen molar-refractivity contribution in [2.24, 2.45) is 11.8 Å². The van der Waals surface area contributed by atoms with Crippen LogP contribution in [0.4, 0.5) is 0 Å². The van der Waals surface area contributed by atoms with Gasteiger partial charge < -0.3 is 5.11 Å². The summed E-state index contributed by atoms with van der Waals surface area (Å²) in [4.78, 5) is 0. The average Bonchev–Trinajstić information content (AvgIpc) is 2.48. The average molecular weight is 219 g/mol. The molecule has 3 heteroatoms. The molecule has 0 spiro atoms. The monoisotopic (exact) mass is 218 g/mol. The molecular formula is C10H15ClOS. The van der Waals surface area contributed by atoms with E-state index in [9.17, 15) is 5.11 Å². The standard InChI is InChI=1S/C10H15ClOS/c1-6(2)7(3)9(12)8-4-5-13-10(8)11/h4-7,9,12H,1-3H3. The summed E-state index contributed by atoms with van der Waals surface area (Å²) in [5.74, 6) is 0.707. The Hall–Kier alpha value is -0.0500. The van der Waals surface area contributed by atoms with Crippen LogP contribution in [0, 0.1) is 11.8 Å². The van der Waals surface area contributed by atoms with Gasteiger partial charge in [-0.2, -0.15) is 0 Å². The number of aliphatic hydroxyl groups excluding tert-OH is 1. The summed E-state index contributed by atoms with van der Waals surface area (Å²) in [7, 11) is 0. The molecule has 0 radical (unpaired) electrons. The lowest BCUT2D eigenvalue weighted by atomic mass is 9.89. The van der Waals surface area contributed by atoms with Gasteiger partial charge >= 0.3 is 0 Å². The fourth-order valence-electron chi connectivity index (χ4n) is 1.16. The zero-order valence-electron chi connectivity index (χ0n) is 8.12. The van der Waals surface area contributed by atoms with Crippen LogP contribution in [0.5, 0.6) is 0 Å². The number of rotatable bonds is 3. The minimum atomic E-state index is -0.432. The molecule has 0 saturated heterocycles. The minimum Gasteiger partial charge on any atom is -0.388 e. The predicted octanol–water partition coefficient (Wildman–Crippen LogP) is 3.73. The highest BCUT2D eigenvalue weighted by molar-refractivity contribution is 7.14. The highest BCUT2D eigenvalue weighted by atomic mass is 35.5. The van der Waals surface area contributed by atoms with Gasteiger partial charge in [0.1, 0.15) is 0 Å². The third kappa shape index (κ3) is 2.46. The fourth-order valence-corrected chi connectivity index (χ4v) is 2.15. The van der Waals surface area contributed by atoms with Crippen molar-refractivity contribution in [3.8, 4) is 0 Å². The molecular weight excluding hydrogens is 204 g/mol. The molecule has 1 N–H and O–H groups in total. The predicted molar refractivity (Wildman–Crippen MR) is 58.3 cm³/mol. The van der Waals surface area contributed by atoms with Crippen LogP contribution < -0.4 is 0 Å². The van der Waals surface area contributed by atoms with E-state index in [1.807, 2.05) is 18.4 Å². The maximum atomic E-state index is 9.95. The topological polar surface area (TPSA) is 20.2 Å². The Kier molecular flexibility index (Phi) is 3.77. The van der Waals surface area contributed by atoms with Crippen LogP contribution in [-0.2, 0) is 0 Å². The Balaban J connectivity index is 2.79. The molecule has 74 valence electrons. The minimum absolute atomic E-state index is 0.243. The number of thiophene rings is 1. The lowest BCUT2D eigenvalue weighted by molar-refractivity contribution is 0.0926. The van der Waals surface area contributed by atoms with Gasteiger partial charge in [-0.05, 0) is 23.3 Å². The van der Waals surface area contributed by atoms with Gasteiger partial charge in [0.15, 0.2) is 0 Å². The van der Waals surface area contributed by atoms with E-state index in [1.165, 1.54) is 11.3 Å². The maximum absolute atomic E-state index is 9.95. The lowest BCUT2D eigenvalue weighted by Gasteiger charge is -2.21. The summed E-state index contributed by atoms with van der Waals surface area (Å²) in [6, 6.07) is 1.90. The summed E-state index contributed by atoms with van der Waals surface area (Å²) >= 11 is 7.41. The first-order valence-electron chi connectivity index (χ1n) is 4.45. The highest BCUT2D eigenvalue weighted by Gasteiger charge is 2.21. The van der Waals surface area contributed by atoms with E-state index in [1.54, 1.807) is 0 Å². The van der Waals surface area contributed by atoms with Gasteiger partial charge in [0, 0.05) is 5.56 Å². The molecule has 1 aromatic rings. The Labute approximate surface area is 88.4 Å². The normalized spacial score (nSPS) is 16.2. The van der Waals surface area contributed by atoms with Crippen molar-refractivity contribution in [2.75, 3.05) is 0 Å². The molecule has 0 fully saturated rings. The van der Waals surface area contributed by atoms with Crippen LogP contribution in [0.15, 0.2) is 11.4 Å². The van der Waals surface area contributed by atoms with Gasteiger partial charge in [0.05, 0.1) is 10.4 Å². The third-order valence-electron chi connectivity index (χ3n) is 2.51. The molecule has 13 heavy (non-hydrogen) atoms. The van der Waals surface area contributed by atoms with E-state index < -0.39 is 6.10 Å². The number of aliphatic hydroxyl groups is 1. The third-order valence-corrected chi connectivity index (χ3v) is 3.71. The Morgan fingerprint density at radius 3 is 2.38 bits per heavy atom. The SMILES string of the molecule is CC(C)C(C)C(O)c1ccsc1Cl. The van der Waals surface area contributed by atoms with Crippen molar-refractivity contribution >= 4 is 22.9 Å². The van der Waals surface area contributed by atoms with Gasteiger partial charge in [-0.25, -0.2) is 0 Å². The van der Waals surface area contributed by atoms with E-state index in [0.717, 1.165) is 5.56 Å². The molecule has 0 amide bonds. The fraction of sp³-hybridized carbons (Fsp3) is 0.600. The Bertz CT molecular complexity index is 270. The van der Waals surface area contributed by atoms with Gasteiger partial charge in [-0.1, -0.05) is 32.4 Å². The van der Waals surface area contributed by atoms with Gasteiger partial charge in [0.2, 0.25) is 0 Å². The van der Waals surface area contributed by atoms with Crippen LogP contribution in [0.3, 0.4) is 0 Å². The number of hydrogen-bond acceptors (Lipinski definition) is 2. The van der Waals surface area contributed by atoms with Crippen LogP contribution in [-0.4, -0.2) is 5.11 Å². The summed E-state index contributed by atoms with van der Waals surface area (Å²) in [6.45, 7) is 6.26. The number of halogens is 1. The van der Waals surface area contributed by atoms with E-state index in [2.05, 4.69) is 13.8 Å². The lowest BCUT2D eigenvalue weighted by Crippen LogP contribution is -2.14. The first-order chi connectivity index (χ1) is 6.04. The van der Waals surface area contributed by atoms with Crippen molar-refractivity contribution in [1.82, 2.24) is 0 Å². The Morgan fingerprint density at radius 2 is 2.00 bits per heavy atom. The second-order valence-corrected chi connectivity index (χ2v) is 5.22. The zero-order valence-corrected chi connectivity index (χ0v) is 9.69. The van der Waals surface area contributed by atoms with Gasteiger partial charge in [-0.15, -0.1) is 11.3 Å². The van der Waals surface area contributed by atoms with E-state index in [-0.39, 0.29) is 5.92 Å². The summed E-state index contributed by atoms with van der Waals surface area (Å²) < 4.78 is 0.708. The molecule has 1 aromatic heterocycles. The highest BCUT2D eigenvalue weighted by Crippen LogP contribution is 2.34. The van der Waals surface area contributed by atoms with Crippen LogP contribution in [0.1, 0.15) is 32.4 Å². The summed E-state index contributed by atoms with van der Waals surface area (Å²) in [5, 5.41) is 11.9. The first kappa shape index (κ1) is 11.0. The maximum Gasteiger partial charge on any atom is 0.0986 e. The van der Waals surface area contributed by atoms with Crippen LogP contribution in [0.25, 0.3) is 0 Å². The van der Waals surface area contributed by atoms with E-state index in [4.69, 9.17) is 11.6 Å². The largest absolute Gasteiger partial charge is 0.388 e. The van der Waals surface area contributed by atoms with E-state index in [0.29, 0.717) is 10.3 Å². The molecule has 0 saturated carbocycles. The van der Waals surface area contributed by atoms with Gasteiger partial charge in [0.25, 0.3) is 0 Å². The van der Waals surface area contributed by atoms with Crippen molar-refractivity contribution in [3.63, 3.8) is 0 Å². The van der Waals surface area contributed by atoms with Crippen molar-refractivity contribution in [2.45, 2.75) is 26.9 Å². The molecule has 1 heterocycles. The quantitative estimate of drug-likeness (QED) is 0.820. The smallest absolute Gasteiger partial charge is 0.0986 e. The molecule has 1 rings (SSSR count).